The minimum Gasteiger partial charge on any atom is -0.472 e. The highest BCUT2D eigenvalue weighted by Crippen LogP contribution is 2.43. The van der Waals surface area contributed by atoms with Gasteiger partial charge in [0.25, 0.3) is 0 Å². The number of ketones is 1. The van der Waals surface area contributed by atoms with Gasteiger partial charge in [0.15, 0.2) is 5.78 Å². The molecule has 0 aromatic heterocycles. The van der Waals surface area contributed by atoms with Crippen LogP contribution in [-0.4, -0.2) is 72.8 Å². The van der Waals surface area contributed by atoms with Crippen LogP contribution >= 0.6 is 15.2 Å². The topological polar surface area (TPSA) is 225 Å². The molecule has 15 heteroatoms. The normalized spacial score (nSPS) is 19.5. The predicted octanol–water partition coefficient (Wildman–Crippen LogP) is -0.963. The monoisotopic (exact) mass is 366 g/mol. The van der Waals surface area contributed by atoms with E-state index < -0.39 is 57.8 Å². The molecule has 0 aliphatic rings. The van der Waals surface area contributed by atoms with E-state index in [4.69, 9.17) is 20.0 Å². The average Bonchev–Trinajstić information content (AvgIpc) is 2.41. The molecule has 0 spiro atoms. The molecule has 0 radical (unpaired) electrons. The summed E-state index contributed by atoms with van der Waals surface area (Å²) in [5.74, 6) is -1.45. The maximum Gasteiger partial charge on any atom is 0.436 e. The van der Waals surface area contributed by atoms with Crippen LogP contribution < -0.4 is 0 Å². The number of Topliss-reactive ketones (excluding diaryl/α,β-unsaturated/α-hetero) is 1. The second kappa shape index (κ2) is 7.90. The third kappa shape index (κ3) is 6.30. The van der Waals surface area contributed by atoms with Crippen molar-refractivity contribution in [2.24, 2.45) is 0 Å². The SMILES string of the molecule is O=C(COP(=O)(O)C(=O)O)[C@H](O)[C@H](O)COP(=O)(O)C(=O)O. The summed E-state index contributed by atoms with van der Waals surface area (Å²) in [4.78, 5) is 49.1. The van der Waals surface area contributed by atoms with Crippen LogP contribution in [0.15, 0.2) is 0 Å². The largest absolute Gasteiger partial charge is 0.472 e. The van der Waals surface area contributed by atoms with Crippen molar-refractivity contribution in [1.29, 1.82) is 0 Å². The van der Waals surface area contributed by atoms with Crippen LogP contribution in [0, 0.1) is 0 Å². The van der Waals surface area contributed by atoms with Gasteiger partial charge in [-0.25, -0.2) is 18.7 Å². The Morgan fingerprint density at radius 2 is 1.32 bits per heavy atom. The van der Waals surface area contributed by atoms with Gasteiger partial charge in [-0.3, -0.25) is 13.8 Å². The van der Waals surface area contributed by atoms with Gasteiger partial charge in [0.1, 0.15) is 18.8 Å². The Labute approximate surface area is 121 Å². The molecule has 2 unspecified atom stereocenters. The van der Waals surface area contributed by atoms with Gasteiger partial charge in [-0.1, -0.05) is 0 Å². The number of aliphatic hydroxyl groups is 2. The first-order valence-electron chi connectivity index (χ1n) is 5.11. The van der Waals surface area contributed by atoms with Crippen molar-refractivity contribution in [2.75, 3.05) is 13.2 Å². The van der Waals surface area contributed by atoms with E-state index in [1.165, 1.54) is 0 Å². The first kappa shape index (κ1) is 20.8. The number of aliphatic hydroxyl groups excluding tert-OH is 2. The van der Waals surface area contributed by atoms with Crippen LogP contribution in [0.4, 0.5) is 9.59 Å². The fourth-order valence-corrected chi connectivity index (χ4v) is 1.71. The molecule has 0 saturated carbocycles. The van der Waals surface area contributed by atoms with Gasteiger partial charge >= 0.3 is 26.6 Å². The Balaban J connectivity index is 4.51. The van der Waals surface area contributed by atoms with E-state index in [1.54, 1.807) is 0 Å². The second-order valence-electron chi connectivity index (χ2n) is 3.65. The minimum absolute atomic E-state index is 1.23. The van der Waals surface area contributed by atoms with Crippen LogP contribution in [0.3, 0.4) is 0 Å². The molecular weight excluding hydrogens is 354 g/mol. The number of carbonyl (C=O) groups excluding carboxylic acids is 1. The molecule has 0 saturated heterocycles. The van der Waals surface area contributed by atoms with Crippen molar-refractivity contribution in [1.82, 2.24) is 0 Å². The highest BCUT2D eigenvalue weighted by Gasteiger charge is 2.35. The lowest BCUT2D eigenvalue weighted by Gasteiger charge is -2.17. The molecule has 22 heavy (non-hydrogen) atoms. The molecule has 0 heterocycles. The first-order valence-corrected chi connectivity index (χ1v) is 8.27. The zero-order chi connectivity index (χ0) is 17.7. The Morgan fingerprint density at radius 3 is 1.73 bits per heavy atom. The third-order valence-electron chi connectivity index (χ3n) is 1.98. The van der Waals surface area contributed by atoms with Crippen LogP contribution in [0.25, 0.3) is 0 Å². The van der Waals surface area contributed by atoms with Gasteiger partial charge in [0.05, 0.1) is 6.61 Å². The van der Waals surface area contributed by atoms with E-state index in [1.807, 2.05) is 0 Å². The number of rotatable bonds is 10. The van der Waals surface area contributed by atoms with Crippen molar-refractivity contribution in [2.45, 2.75) is 12.2 Å². The van der Waals surface area contributed by atoms with E-state index in [2.05, 4.69) is 9.05 Å². The molecule has 0 aromatic carbocycles. The van der Waals surface area contributed by atoms with Gasteiger partial charge < -0.3 is 30.2 Å². The van der Waals surface area contributed by atoms with Crippen LogP contribution in [0.5, 0.6) is 0 Å². The smallest absolute Gasteiger partial charge is 0.436 e. The Kier molecular flexibility index (Phi) is 7.48. The molecule has 13 nitrogen and oxygen atoms in total. The van der Waals surface area contributed by atoms with E-state index in [0.29, 0.717) is 0 Å². The first-order chi connectivity index (χ1) is 9.81. The maximum atomic E-state index is 11.2. The number of hydrogen-bond acceptors (Lipinski definition) is 9. The van der Waals surface area contributed by atoms with Crippen LogP contribution in [0.1, 0.15) is 0 Å². The molecule has 0 fully saturated rings. The van der Waals surface area contributed by atoms with Gasteiger partial charge in [-0.15, -0.1) is 0 Å². The van der Waals surface area contributed by atoms with Gasteiger partial charge in [-0.05, 0) is 0 Å². The molecule has 0 bridgehead atoms. The minimum atomic E-state index is -5.13. The second-order valence-corrected chi connectivity index (χ2v) is 7.02. The van der Waals surface area contributed by atoms with E-state index in [0.717, 1.165) is 0 Å². The van der Waals surface area contributed by atoms with E-state index in [9.17, 15) is 33.7 Å². The summed E-state index contributed by atoms with van der Waals surface area (Å²) in [6.45, 7) is -2.60. The Morgan fingerprint density at radius 1 is 0.909 bits per heavy atom. The zero-order valence-electron chi connectivity index (χ0n) is 10.5. The lowest BCUT2D eigenvalue weighted by Crippen LogP contribution is -2.39. The highest BCUT2D eigenvalue weighted by molar-refractivity contribution is 7.70. The van der Waals surface area contributed by atoms with Crippen molar-refractivity contribution in [3.63, 3.8) is 0 Å². The number of hydrogen-bond donors (Lipinski definition) is 6. The van der Waals surface area contributed by atoms with Crippen molar-refractivity contribution in [3.05, 3.63) is 0 Å². The maximum absolute atomic E-state index is 11.2. The fraction of sp³-hybridized carbons (Fsp3) is 0.571. The summed E-state index contributed by atoms with van der Waals surface area (Å²) < 4.78 is 29.4. The zero-order valence-corrected chi connectivity index (χ0v) is 12.3. The summed E-state index contributed by atoms with van der Waals surface area (Å²) in [7, 11) is -10.2. The van der Waals surface area contributed by atoms with Gasteiger partial charge in [0, 0.05) is 0 Å². The summed E-state index contributed by atoms with van der Waals surface area (Å²) in [5.41, 5.74) is -4.48. The molecule has 0 aliphatic heterocycles. The van der Waals surface area contributed by atoms with Gasteiger partial charge in [-0.2, -0.15) is 0 Å². The summed E-state index contributed by atoms with van der Waals surface area (Å²) in [6.07, 6.45) is -4.51. The molecule has 0 aromatic rings. The third-order valence-corrected chi connectivity index (χ3v) is 3.92. The summed E-state index contributed by atoms with van der Waals surface area (Å²) in [5, 5.41) is 35.0. The molecule has 0 rings (SSSR count). The van der Waals surface area contributed by atoms with Crippen molar-refractivity contribution >= 4 is 32.4 Å². The molecular formula is C7H12O13P2. The summed E-state index contributed by atoms with van der Waals surface area (Å²) >= 11 is 0. The fourth-order valence-electron chi connectivity index (χ4n) is 0.830. The van der Waals surface area contributed by atoms with Crippen LogP contribution in [0.2, 0.25) is 0 Å². The standard InChI is InChI=1S/C7H12O13P2/c8-3(1-19-21(15,16)6(11)12)5(10)4(9)2-20-22(17,18)7(13)14/h3,5,8,10H,1-2H2,(H,11,12)(H,13,14)(H,15,16)(H,17,18)/t3-,5-/m1/s1. The molecule has 4 atom stereocenters. The summed E-state index contributed by atoms with van der Waals surface area (Å²) in [6, 6.07) is 0. The van der Waals surface area contributed by atoms with Crippen LogP contribution in [-0.2, 0) is 23.0 Å². The number of carbonyl (C=O) groups is 3. The molecule has 6 N–H and O–H groups in total. The quantitative estimate of drug-likeness (QED) is 0.256. The lowest BCUT2D eigenvalue weighted by molar-refractivity contribution is -0.136. The highest BCUT2D eigenvalue weighted by atomic mass is 31.2. The van der Waals surface area contributed by atoms with Gasteiger partial charge in [0.2, 0.25) is 0 Å². The molecule has 128 valence electrons. The Bertz CT molecular complexity index is 541. The van der Waals surface area contributed by atoms with Crippen molar-refractivity contribution in [3.8, 4) is 0 Å². The molecule has 0 aliphatic carbocycles. The average molecular weight is 366 g/mol. The number of carboxylic acid groups (broad SMARTS) is 2. The van der Waals surface area contributed by atoms with E-state index >= 15 is 0 Å². The van der Waals surface area contributed by atoms with E-state index in [-0.39, 0.29) is 0 Å². The Hall–Kier alpha value is -1.17. The molecule has 0 amide bonds. The predicted molar refractivity (Wildman–Crippen MR) is 64.6 cm³/mol. The van der Waals surface area contributed by atoms with Crippen molar-refractivity contribution < 1.29 is 62.8 Å². The lowest BCUT2D eigenvalue weighted by atomic mass is 10.1.